The van der Waals surface area contributed by atoms with E-state index in [1.165, 1.54) is 0 Å². The van der Waals surface area contributed by atoms with Gasteiger partial charge >= 0.3 is 6.09 Å². The van der Waals surface area contributed by atoms with Crippen LogP contribution in [0.1, 0.15) is 18.5 Å². The Morgan fingerprint density at radius 2 is 2.07 bits per heavy atom. The van der Waals surface area contributed by atoms with Crippen molar-refractivity contribution in [1.82, 2.24) is 4.90 Å². The number of carbonyl (C=O) groups is 1. The van der Waals surface area contributed by atoms with Gasteiger partial charge in [0.25, 0.3) is 0 Å². The fourth-order valence-electron chi connectivity index (χ4n) is 1.68. The normalized spacial score (nSPS) is 17.7. The van der Waals surface area contributed by atoms with Gasteiger partial charge in [0, 0.05) is 5.02 Å². The minimum Gasteiger partial charge on any atom is -0.448 e. The summed E-state index contributed by atoms with van der Waals surface area (Å²) in [6.45, 7) is 3.12. The van der Waals surface area contributed by atoms with Crippen LogP contribution in [0.15, 0.2) is 24.3 Å². The lowest BCUT2D eigenvalue weighted by atomic mass is 10.1. The van der Waals surface area contributed by atoms with Crippen molar-refractivity contribution < 1.29 is 9.53 Å². The lowest BCUT2D eigenvalue weighted by Gasteiger charge is -2.21. The van der Waals surface area contributed by atoms with Crippen LogP contribution in [0.25, 0.3) is 0 Å². The van der Waals surface area contributed by atoms with Gasteiger partial charge in [-0.3, -0.25) is 4.90 Å². The van der Waals surface area contributed by atoms with Gasteiger partial charge in [-0.05, 0) is 24.6 Å². The number of hydrogen-bond donors (Lipinski definition) is 0. The molecule has 0 saturated carbocycles. The molecule has 3 nitrogen and oxygen atoms in total. The predicted molar refractivity (Wildman–Crippen MR) is 57.9 cm³/mol. The first-order valence-electron chi connectivity index (χ1n) is 4.87. The van der Waals surface area contributed by atoms with E-state index in [2.05, 4.69) is 0 Å². The van der Waals surface area contributed by atoms with Crippen LogP contribution >= 0.6 is 11.6 Å². The molecule has 4 heteroatoms. The lowest BCUT2D eigenvalue weighted by Crippen LogP contribution is -2.27. The van der Waals surface area contributed by atoms with E-state index in [9.17, 15) is 4.79 Å². The number of cyclic esters (lactones) is 1. The molecule has 2 rings (SSSR count). The molecule has 1 aromatic carbocycles. The average molecular weight is 226 g/mol. The maximum absolute atomic E-state index is 11.3. The fourth-order valence-corrected chi connectivity index (χ4v) is 1.80. The molecule has 0 aromatic heterocycles. The topological polar surface area (TPSA) is 29.5 Å². The predicted octanol–water partition coefficient (Wildman–Crippen LogP) is 2.85. The van der Waals surface area contributed by atoms with Crippen LogP contribution in [0.2, 0.25) is 5.02 Å². The Kier molecular flexibility index (Phi) is 2.82. The number of rotatable bonds is 2. The summed E-state index contributed by atoms with van der Waals surface area (Å²) in [5.74, 6) is 0. The van der Waals surface area contributed by atoms with E-state index in [-0.39, 0.29) is 12.1 Å². The van der Waals surface area contributed by atoms with E-state index < -0.39 is 0 Å². The van der Waals surface area contributed by atoms with Crippen molar-refractivity contribution in [1.29, 1.82) is 0 Å². The summed E-state index contributed by atoms with van der Waals surface area (Å²) >= 11 is 5.80. The molecule has 80 valence electrons. The zero-order valence-corrected chi connectivity index (χ0v) is 9.20. The zero-order chi connectivity index (χ0) is 10.8. The van der Waals surface area contributed by atoms with Gasteiger partial charge in [0.2, 0.25) is 0 Å². The molecule has 1 heterocycles. The van der Waals surface area contributed by atoms with Gasteiger partial charge in [0.15, 0.2) is 0 Å². The first kappa shape index (κ1) is 10.3. The number of amides is 1. The molecule has 0 aliphatic carbocycles. The second-order valence-corrected chi connectivity index (χ2v) is 3.97. The first-order chi connectivity index (χ1) is 7.18. The van der Waals surface area contributed by atoms with Crippen molar-refractivity contribution in [3.63, 3.8) is 0 Å². The molecular formula is C11H12ClNO2. The second-order valence-electron chi connectivity index (χ2n) is 3.54. The monoisotopic (exact) mass is 225 g/mol. The molecule has 1 aliphatic heterocycles. The summed E-state index contributed by atoms with van der Waals surface area (Å²) in [5, 5.41) is 0.704. The van der Waals surface area contributed by atoms with Crippen LogP contribution in [0.3, 0.4) is 0 Å². The van der Waals surface area contributed by atoms with Gasteiger partial charge in [-0.25, -0.2) is 4.79 Å². The summed E-state index contributed by atoms with van der Waals surface area (Å²) < 4.78 is 4.89. The third kappa shape index (κ3) is 2.07. The number of hydrogen-bond acceptors (Lipinski definition) is 2. The first-order valence-corrected chi connectivity index (χ1v) is 5.25. The SMILES string of the molecule is CC(c1ccc(Cl)cc1)N1CCOC1=O. The summed E-state index contributed by atoms with van der Waals surface area (Å²) in [6.07, 6.45) is -0.238. The number of nitrogens with zero attached hydrogens (tertiary/aromatic N) is 1. The van der Waals surface area contributed by atoms with Gasteiger partial charge in [0.1, 0.15) is 6.61 Å². The Hall–Kier alpha value is -1.22. The largest absolute Gasteiger partial charge is 0.448 e. The Bertz CT molecular complexity index is 363. The molecule has 15 heavy (non-hydrogen) atoms. The molecule has 1 atom stereocenters. The quantitative estimate of drug-likeness (QED) is 0.775. The lowest BCUT2D eigenvalue weighted by molar-refractivity contribution is 0.150. The highest BCUT2D eigenvalue weighted by Gasteiger charge is 2.27. The standard InChI is InChI=1S/C11H12ClNO2/c1-8(13-6-7-15-11(13)14)9-2-4-10(12)5-3-9/h2-5,8H,6-7H2,1H3. The highest BCUT2D eigenvalue weighted by atomic mass is 35.5. The molecular weight excluding hydrogens is 214 g/mol. The van der Waals surface area contributed by atoms with E-state index >= 15 is 0 Å². The number of halogens is 1. The molecule has 1 aliphatic rings. The van der Waals surface area contributed by atoms with E-state index in [4.69, 9.17) is 16.3 Å². The van der Waals surface area contributed by atoms with E-state index in [1.54, 1.807) is 4.90 Å². The maximum atomic E-state index is 11.3. The molecule has 1 fully saturated rings. The minimum atomic E-state index is -0.238. The summed E-state index contributed by atoms with van der Waals surface area (Å²) in [5.41, 5.74) is 1.07. The highest BCUT2D eigenvalue weighted by molar-refractivity contribution is 6.30. The Labute approximate surface area is 93.6 Å². The van der Waals surface area contributed by atoms with Crippen molar-refractivity contribution >= 4 is 17.7 Å². The highest BCUT2D eigenvalue weighted by Crippen LogP contribution is 2.24. The maximum Gasteiger partial charge on any atom is 0.410 e. The molecule has 0 bridgehead atoms. The third-order valence-corrected chi connectivity index (χ3v) is 2.86. The summed E-state index contributed by atoms with van der Waals surface area (Å²) in [7, 11) is 0. The van der Waals surface area contributed by atoms with Crippen molar-refractivity contribution in [2.75, 3.05) is 13.2 Å². The molecule has 1 unspecified atom stereocenters. The van der Waals surface area contributed by atoms with Crippen molar-refractivity contribution in [2.24, 2.45) is 0 Å². The van der Waals surface area contributed by atoms with Crippen LogP contribution in [0.5, 0.6) is 0 Å². The van der Waals surface area contributed by atoms with Crippen molar-refractivity contribution in [3.05, 3.63) is 34.9 Å². The fraction of sp³-hybridized carbons (Fsp3) is 0.364. The molecule has 1 saturated heterocycles. The number of benzene rings is 1. The van der Waals surface area contributed by atoms with Gasteiger partial charge in [-0.2, -0.15) is 0 Å². The van der Waals surface area contributed by atoms with E-state index in [0.717, 1.165) is 5.56 Å². The van der Waals surface area contributed by atoms with E-state index in [1.807, 2.05) is 31.2 Å². The molecule has 1 aromatic rings. The zero-order valence-electron chi connectivity index (χ0n) is 8.44. The van der Waals surface area contributed by atoms with Gasteiger partial charge in [-0.1, -0.05) is 23.7 Å². The molecule has 0 spiro atoms. The summed E-state index contributed by atoms with van der Waals surface area (Å²) in [6, 6.07) is 7.55. The molecule has 0 N–H and O–H groups in total. The van der Waals surface area contributed by atoms with Gasteiger partial charge in [-0.15, -0.1) is 0 Å². The minimum absolute atomic E-state index is 0.0391. The van der Waals surface area contributed by atoms with Gasteiger partial charge in [0.05, 0.1) is 12.6 Å². The van der Waals surface area contributed by atoms with Crippen LogP contribution in [0.4, 0.5) is 4.79 Å². The van der Waals surface area contributed by atoms with Gasteiger partial charge < -0.3 is 4.74 Å². The summed E-state index contributed by atoms with van der Waals surface area (Å²) in [4.78, 5) is 13.0. The smallest absolute Gasteiger partial charge is 0.410 e. The van der Waals surface area contributed by atoms with Crippen molar-refractivity contribution in [2.45, 2.75) is 13.0 Å². The van der Waals surface area contributed by atoms with Crippen LogP contribution < -0.4 is 0 Å². The van der Waals surface area contributed by atoms with E-state index in [0.29, 0.717) is 18.2 Å². The Morgan fingerprint density at radius 3 is 2.60 bits per heavy atom. The molecule has 0 radical (unpaired) electrons. The van der Waals surface area contributed by atoms with Crippen LogP contribution in [0, 0.1) is 0 Å². The molecule has 1 amide bonds. The average Bonchev–Trinajstić information content (AvgIpc) is 2.65. The second kappa shape index (κ2) is 4.11. The van der Waals surface area contributed by atoms with Crippen molar-refractivity contribution in [3.8, 4) is 0 Å². The Balaban J connectivity index is 2.16. The van der Waals surface area contributed by atoms with Crippen LogP contribution in [-0.4, -0.2) is 24.1 Å². The number of ether oxygens (including phenoxy) is 1. The van der Waals surface area contributed by atoms with Crippen LogP contribution in [-0.2, 0) is 4.74 Å². The third-order valence-electron chi connectivity index (χ3n) is 2.61. The number of carbonyl (C=O) groups excluding carboxylic acids is 1. The Morgan fingerprint density at radius 1 is 1.40 bits per heavy atom.